The van der Waals surface area contributed by atoms with Crippen LogP contribution in [0.3, 0.4) is 0 Å². The summed E-state index contributed by atoms with van der Waals surface area (Å²) in [6, 6.07) is 7.72. The molecule has 202 valence electrons. The number of hydrogen-bond acceptors (Lipinski definition) is 6. The van der Waals surface area contributed by atoms with Crippen molar-refractivity contribution in [2.45, 2.75) is 19.0 Å². The summed E-state index contributed by atoms with van der Waals surface area (Å²) in [7, 11) is 2.85. The first-order chi connectivity index (χ1) is 18.3. The lowest BCUT2D eigenvalue weighted by Crippen LogP contribution is -2.25. The molecule has 0 aliphatic rings. The molecule has 5 rings (SSSR count). The minimum atomic E-state index is -5.09. The highest BCUT2D eigenvalue weighted by Gasteiger charge is 2.35. The lowest BCUT2D eigenvalue weighted by molar-refractivity contribution is -0.276. The fraction of sp³-hybridized carbons (Fsp3) is 0.208. The molecule has 0 saturated carbocycles. The van der Waals surface area contributed by atoms with Gasteiger partial charge in [0, 0.05) is 32.1 Å². The third-order valence-electron chi connectivity index (χ3n) is 5.91. The van der Waals surface area contributed by atoms with Crippen LogP contribution in [-0.4, -0.2) is 40.0 Å². The number of pyridine rings is 1. The molecular formula is C24H17F6N7O2. The van der Waals surface area contributed by atoms with Crippen LogP contribution in [-0.2, 0) is 26.7 Å². The summed E-state index contributed by atoms with van der Waals surface area (Å²) in [4.78, 5) is 28.5. The average molecular weight is 549 g/mol. The lowest BCUT2D eigenvalue weighted by Gasteiger charge is -2.16. The number of alkyl halides is 6. The maximum Gasteiger partial charge on any atom is 0.574 e. The first-order valence-corrected chi connectivity index (χ1v) is 11.1. The van der Waals surface area contributed by atoms with E-state index in [0.717, 1.165) is 23.3 Å². The molecule has 9 nitrogen and oxygen atoms in total. The number of aryl methyl sites for hydroxylation is 2. The topological polar surface area (TPSA) is 92.7 Å². The predicted octanol–water partition coefficient (Wildman–Crippen LogP) is 4.42. The normalized spacial score (nSPS) is 12.3. The number of rotatable bonds is 5. The van der Waals surface area contributed by atoms with E-state index in [1.54, 1.807) is 24.3 Å². The molecule has 0 bridgehead atoms. The maximum atomic E-state index is 13.3. The second-order valence-corrected chi connectivity index (χ2v) is 8.51. The summed E-state index contributed by atoms with van der Waals surface area (Å²) in [6.45, 7) is 0. The summed E-state index contributed by atoms with van der Waals surface area (Å²) < 4.78 is 86.5. The van der Waals surface area contributed by atoms with E-state index in [4.69, 9.17) is 0 Å². The van der Waals surface area contributed by atoms with E-state index in [9.17, 15) is 31.1 Å². The van der Waals surface area contributed by atoms with Crippen molar-refractivity contribution in [3.05, 3.63) is 82.6 Å². The molecule has 15 heteroatoms. The molecule has 4 heterocycles. The Morgan fingerprint density at radius 3 is 2.33 bits per heavy atom. The van der Waals surface area contributed by atoms with E-state index in [1.165, 1.54) is 35.5 Å². The molecule has 0 atom stereocenters. The van der Waals surface area contributed by atoms with Crippen molar-refractivity contribution in [2.75, 3.05) is 0 Å². The summed E-state index contributed by atoms with van der Waals surface area (Å²) in [6.07, 6.45) is -5.18. The van der Waals surface area contributed by atoms with Gasteiger partial charge in [0.15, 0.2) is 11.3 Å². The molecule has 5 aromatic rings. The summed E-state index contributed by atoms with van der Waals surface area (Å²) in [5, 5.41) is 0. The van der Waals surface area contributed by atoms with Crippen molar-refractivity contribution in [1.82, 2.24) is 33.6 Å². The Balaban J connectivity index is 1.59. The SMILES string of the molecule is Cn1cc(C(F)(F)F)nc1-c1ccc(Cc2ccnc(OC(F)(F)F)c2-n2c(=O)n(C)c3cncnc32)cc1. The Hall–Kier alpha value is -4.69. The average Bonchev–Trinajstić information content (AvgIpc) is 3.37. The molecule has 0 N–H and O–H groups in total. The third kappa shape index (κ3) is 4.94. The van der Waals surface area contributed by atoms with Gasteiger partial charge in [0.05, 0.1) is 6.20 Å². The second-order valence-electron chi connectivity index (χ2n) is 8.51. The molecular weight excluding hydrogens is 532 g/mol. The van der Waals surface area contributed by atoms with Gasteiger partial charge >= 0.3 is 18.2 Å². The van der Waals surface area contributed by atoms with Gasteiger partial charge in [0.1, 0.15) is 23.4 Å². The van der Waals surface area contributed by atoms with E-state index in [-0.39, 0.29) is 34.7 Å². The quantitative estimate of drug-likeness (QED) is 0.302. The molecule has 0 fully saturated rings. The first kappa shape index (κ1) is 25.9. The van der Waals surface area contributed by atoms with Crippen LogP contribution in [0.4, 0.5) is 26.3 Å². The van der Waals surface area contributed by atoms with E-state index in [1.807, 2.05) is 0 Å². The number of fused-ring (bicyclic) bond motifs is 1. The number of aromatic nitrogens is 7. The fourth-order valence-corrected chi connectivity index (χ4v) is 4.17. The minimum absolute atomic E-state index is 0.0224. The number of halogens is 6. The van der Waals surface area contributed by atoms with Crippen LogP contribution in [0.25, 0.3) is 28.2 Å². The van der Waals surface area contributed by atoms with Gasteiger partial charge in [-0.05, 0) is 23.6 Å². The number of ether oxygens (including phenoxy) is 1. The third-order valence-corrected chi connectivity index (χ3v) is 5.91. The Morgan fingerprint density at radius 2 is 1.69 bits per heavy atom. The number of nitrogens with zero attached hydrogens (tertiary/aromatic N) is 7. The Bertz CT molecular complexity index is 1730. The highest BCUT2D eigenvalue weighted by Crippen LogP contribution is 2.33. The van der Waals surface area contributed by atoms with Gasteiger partial charge in [-0.1, -0.05) is 24.3 Å². The number of hydrogen-bond donors (Lipinski definition) is 0. The highest BCUT2D eigenvalue weighted by atomic mass is 19.4. The molecule has 0 amide bonds. The Kier molecular flexibility index (Phi) is 6.15. The fourth-order valence-electron chi connectivity index (χ4n) is 4.17. The molecule has 0 aliphatic heterocycles. The van der Waals surface area contributed by atoms with Crippen molar-refractivity contribution < 1.29 is 31.1 Å². The van der Waals surface area contributed by atoms with Gasteiger partial charge in [-0.2, -0.15) is 13.2 Å². The largest absolute Gasteiger partial charge is 0.574 e. The molecule has 4 aromatic heterocycles. The van der Waals surface area contributed by atoms with Crippen LogP contribution in [0.15, 0.2) is 60.0 Å². The van der Waals surface area contributed by atoms with Crippen LogP contribution in [0, 0.1) is 0 Å². The van der Waals surface area contributed by atoms with Gasteiger partial charge in [-0.15, -0.1) is 13.2 Å². The summed E-state index contributed by atoms with van der Waals surface area (Å²) >= 11 is 0. The van der Waals surface area contributed by atoms with Gasteiger partial charge in [-0.25, -0.2) is 29.3 Å². The van der Waals surface area contributed by atoms with Gasteiger partial charge in [0.25, 0.3) is 0 Å². The Morgan fingerprint density at radius 1 is 0.974 bits per heavy atom. The highest BCUT2D eigenvalue weighted by molar-refractivity contribution is 5.74. The van der Waals surface area contributed by atoms with E-state index < -0.39 is 29.8 Å². The Labute approximate surface area is 215 Å². The van der Waals surface area contributed by atoms with Gasteiger partial charge < -0.3 is 9.30 Å². The molecule has 0 unspecified atom stereocenters. The summed E-state index contributed by atoms with van der Waals surface area (Å²) in [5.74, 6) is -0.765. The smallest absolute Gasteiger partial charge is 0.386 e. The van der Waals surface area contributed by atoms with Crippen molar-refractivity contribution in [3.63, 3.8) is 0 Å². The first-order valence-electron chi connectivity index (χ1n) is 11.1. The zero-order valence-electron chi connectivity index (χ0n) is 20.1. The molecule has 0 radical (unpaired) electrons. The van der Waals surface area contributed by atoms with Crippen molar-refractivity contribution >= 4 is 11.2 Å². The zero-order valence-corrected chi connectivity index (χ0v) is 20.1. The molecule has 0 spiro atoms. The standard InChI is InChI=1S/C24H17F6N7O2/c1-35-11-17(23(25,26)27)34-19(35)14-5-3-13(4-6-14)9-15-7-8-32-21(39-24(28,29)30)18(15)37-20-16(10-31-12-33-20)36(2)22(37)38/h3-8,10-12H,9H2,1-2H3. The number of benzene rings is 1. The van der Waals surface area contributed by atoms with Crippen LogP contribution in [0.1, 0.15) is 16.8 Å². The van der Waals surface area contributed by atoms with Crippen molar-refractivity contribution in [1.29, 1.82) is 0 Å². The number of imidazole rings is 2. The second kappa shape index (κ2) is 9.25. The van der Waals surface area contributed by atoms with Crippen LogP contribution in [0.5, 0.6) is 5.88 Å². The molecule has 0 saturated heterocycles. The van der Waals surface area contributed by atoms with Gasteiger partial charge in [0.2, 0.25) is 5.88 Å². The van der Waals surface area contributed by atoms with Crippen molar-refractivity contribution in [2.24, 2.45) is 14.1 Å². The van der Waals surface area contributed by atoms with Crippen molar-refractivity contribution in [3.8, 4) is 23.0 Å². The lowest BCUT2D eigenvalue weighted by atomic mass is 10.0. The van der Waals surface area contributed by atoms with Crippen LogP contribution < -0.4 is 10.4 Å². The predicted molar refractivity (Wildman–Crippen MR) is 125 cm³/mol. The minimum Gasteiger partial charge on any atom is -0.386 e. The van der Waals surface area contributed by atoms with Gasteiger partial charge in [-0.3, -0.25) is 4.57 Å². The maximum absolute atomic E-state index is 13.3. The molecule has 39 heavy (non-hydrogen) atoms. The van der Waals surface area contributed by atoms with Crippen LogP contribution >= 0.6 is 0 Å². The molecule has 0 aliphatic carbocycles. The van der Waals surface area contributed by atoms with Crippen LogP contribution in [0.2, 0.25) is 0 Å². The van der Waals surface area contributed by atoms with E-state index >= 15 is 0 Å². The van der Waals surface area contributed by atoms with E-state index in [0.29, 0.717) is 11.1 Å². The monoisotopic (exact) mass is 549 g/mol. The van der Waals surface area contributed by atoms with E-state index in [2.05, 4.69) is 24.7 Å². The molecule has 1 aromatic carbocycles. The summed E-state index contributed by atoms with van der Waals surface area (Å²) in [5.41, 5.74) is -0.442. The zero-order chi connectivity index (χ0) is 28.1.